The lowest BCUT2D eigenvalue weighted by molar-refractivity contribution is 0.616. The summed E-state index contributed by atoms with van der Waals surface area (Å²) < 4.78 is 14.1. The molecule has 0 fully saturated rings. The van der Waals surface area contributed by atoms with E-state index in [9.17, 15) is 4.39 Å². The zero-order valence-corrected chi connectivity index (χ0v) is 13.3. The van der Waals surface area contributed by atoms with Crippen LogP contribution in [0.2, 0.25) is 0 Å². The molecule has 1 aromatic carbocycles. The van der Waals surface area contributed by atoms with E-state index in [1.165, 1.54) is 10.9 Å². The summed E-state index contributed by atoms with van der Waals surface area (Å²) in [5.41, 5.74) is 7.34. The van der Waals surface area contributed by atoms with Crippen LogP contribution in [0.3, 0.4) is 0 Å². The molecule has 0 bridgehead atoms. The maximum Gasteiger partial charge on any atom is 0.139 e. The van der Waals surface area contributed by atoms with Gasteiger partial charge in [-0.3, -0.25) is 0 Å². The molecule has 1 heterocycles. The molecule has 19 heavy (non-hydrogen) atoms. The summed E-state index contributed by atoms with van der Waals surface area (Å²) in [4.78, 5) is 3.34. The van der Waals surface area contributed by atoms with Crippen molar-refractivity contribution < 1.29 is 4.39 Å². The lowest BCUT2D eigenvalue weighted by Gasteiger charge is -2.30. The first-order valence-electron chi connectivity index (χ1n) is 6.02. The van der Waals surface area contributed by atoms with Gasteiger partial charge in [-0.05, 0) is 47.3 Å². The van der Waals surface area contributed by atoms with Gasteiger partial charge in [0.05, 0.1) is 22.4 Å². The van der Waals surface area contributed by atoms with Crippen LogP contribution in [-0.2, 0) is 6.54 Å². The van der Waals surface area contributed by atoms with Crippen LogP contribution in [0, 0.1) is 5.82 Å². The fourth-order valence-corrected chi connectivity index (χ4v) is 2.98. The zero-order chi connectivity index (χ0) is 14.0. The van der Waals surface area contributed by atoms with Crippen molar-refractivity contribution in [3.63, 3.8) is 0 Å². The first-order chi connectivity index (χ1) is 8.99. The zero-order valence-electron chi connectivity index (χ0n) is 10.9. The average molecular weight is 343 g/mol. The molecular weight excluding hydrogens is 327 g/mol. The Hall–Kier alpha value is -1.07. The summed E-state index contributed by atoms with van der Waals surface area (Å²) in [6.07, 6.45) is 0. The minimum Gasteiger partial charge on any atom is -0.397 e. The lowest BCUT2D eigenvalue weighted by atomic mass is 10.2. The Balaban J connectivity index is 2.36. The van der Waals surface area contributed by atoms with Crippen LogP contribution in [0.4, 0.5) is 15.8 Å². The van der Waals surface area contributed by atoms with Crippen LogP contribution in [0.15, 0.2) is 34.1 Å². The molecule has 0 unspecified atom stereocenters. The SMILES string of the molecule is CC(C)N(Cc1cccs1)c1cc(F)c(Br)cc1N. The van der Waals surface area contributed by atoms with E-state index >= 15 is 0 Å². The van der Waals surface area contributed by atoms with E-state index in [2.05, 4.69) is 40.7 Å². The van der Waals surface area contributed by atoms with Crippen molar-refractivity contribution in [1.29, 1.82) is 0 Å². The largest absolute Gasteiger partial charge is 0.397 e. The van der Waals surface area contributed by atoms with Crippen molar-refractivity contribution in [2.24, 2.45) is 0 Å². The van der Waals surface area contributed by atoms with Gasteiger partial charge in [0.25, 0.3) is 0 Å². The van der Waals surface area contributed by atoms with E-state index in [1.807, 2.05) is 11.4 Å². The van der Waals surface area contributed by atoms with Crippen molar-refractivity contribution >= 4 is 38.6 Å². The summed E-state index contributed by atoms with van der Waals surface area (Å²) in [5.74, 6) is -0.291. The second kappa shape index (κ2) is 5.92. The predicted molar refractivity (Wildman–Crippen MR) is 84.2 cm³/mol. The predicted octanol–water partition coefficient (Wildman–Crippen LogP) is 4.65. The molecule has 0 saturated carbocycles. The molecule has 2 rings (SSSR count). The van der Waals surface area contributed by atoms with Crippen molar-refractivity contribution in [3.05, 3.63) is 44.8 Å². The minimum absolute atomic E-state index is 0.241. The highest BCUT2D eigenvalue weighted by molar-refractivity contribution is 9.10. The first kappa shape index (κ1) is 14.3. The van der Waals surface area contributed by atoms with Gasteiger partial charge < -0.3 is 10.6 Å². The van der Waals surface area contributed by atoms with E-state index < -0.39 is 0 Å². The highest BCUT2D eigenvalue weighted by Gasteiger charge is 2.16. The topological polar surface area (TPSA) is 29.3 Å². The molecule has 1 aromatic heterocycles. The first-order valence-corrected chi connectivity index (χ1v) is 7.70. The normalized spacial score (nSPS) is 11.0. The Bertz CT molecular complexity index is 555. The minimum atomic E-state index is -0.291. The number of nitrogens with two attached hydrogens (primary N) is 1. The smallest absolute Gasteiger partial charge is 0.139 e. The van der Waals surface area contributed by atoms with Crippen LogP contribution >= 0.6 is 27.3 Å². The monoisotopic (exact) mass is 342 g/mol. The van der Waals surface area contributed by atoms with Gasteiger partial charge in [0.2, 0.25) is 0 Å². The van der Waals surface area contributed by atoms with E-state index in [1.54, 1.807) is 17.4 Å². The van der Waals surface area contributed by atoms with Gasteiger partial charge in [-0.1, -0.05) is 6.07 Å². The fourth-order valence-electron chi connectivity index (χ4n) is 1.92. The second-order valence-electron chi connectivity index (χ2n) is 4.63. The molecule has 0 aliphatic heterocycles. The molecule has 2 aromatic rings. The number of halogens is 2. The number of nitrogen functional groups attached to an aromatic ring is 1. The molecule has 102 valence electrons. The van der Waals surface area contributed by atoms with Gasteiger partial charge in [0.1, 0.15) is 5.82 Å². The summed E-state index contributed by atoms with van der Waals surface area (Å²) in [5, 5.41) is 2.04. The molecule has 2 nitrogen and oxygen atoms in total. The molecule has 0 aliphatic rings. The van der Waals surface area contributed by atoms with Crippen LogP contribution in [0.5, 0.6) is 0 Å². The third-order valence-corrected chi connectivity index (χ3v) is 4.38. The number of anilines is 2. The molecule has 0 spiro atoms. The van der Waals surface area contributed by atoms with E-state index in [0.717, 1.165) is 12.2 Å². The molecule has 0 saturated heterocycles. The van der Waals surface area contributed by atoms with Crippen LogP contribution < -0.4 is 10.6 Å². The van der Waals surface area contributed by atoms with E-state index in [0.29, 0.717) is 10.2 Å². The Morgan fingerprint density at radius 3 is 2.74 bits per heavy atom. The van der Waals surface area contributed by atoms with Gasteiger partial charge in [0, 0.05) is 17.0 Å². The molecular formula is C14H16BrFN2S. The van der Waals surface area contributed by atoms with Gasteiger partial charge in [-0.25, -0.2) is 4.39 Å². The Morgan fingerprint density at radius 2 is 2.16 bits per heavy atom. The van der Waals surface area contributed by atoms with Crippen molar-refractivity contribution in [2.45, 2.75) is 26.4 Å². The number of hydrogen-bond acceptors (Lipinski definition) is 3. The number of nitrogens with zero attached hydrogens (tertiary/aromatic N) is 1. The van der Waals surface area contributed by atoms with Crippen molar-refractivity contribution in [1.82, 2.24) is 0 Å². The summed E-state index contributed by atoms with van der Waals surface area (Å²) in [6.45, 7) is 4.89. The highest BCUT2D eigenvalue weighted by atomic mass is 79.9. The molecule has 0 atom stereocenters. The molecule has 0 amide bonds. The average Bonchev–Trinajstić information content (AvgIpc) is 2.84. The highest BCUT2D eigenvalue weighted by Crippen LogP contribution is 2.32. The van der Waals surface area contributed by atoms with Gasteiger partial charge >= 0.3 is 0 Å². The van der Waals surface area contributed by atoms with Crippen LogP contribution in [0.25, 0.3) is 0 Å². The Kier molecular flexibility index (Phi) is 4.47. The number of hydrogen-bond donors (Lipinski definition) is 1. The van der Waals surface area contributed by atoms with Gasteiger partial charge in [0.15, 0.2) is 0 Å². The summed E-state index contributed by atoms with van der Waals surface area (Å²) in [6, 6.07) is 7.45. The van der Waals surface area contributed by atoms with Crippen LogP contribution in [-0.4, -0.2) is 6.04 Å². The standard InChI is InChI=1S/C14H16BrFN2S/c1-9(2)18(8-10-4-3-5-19-10)14-7-12(16)11(15)6-13(14)17/h3-7,9H,8,17H2,1-2H3. The van der Waals surface area contributed by atoms with E-state index in [4.69, 9.17) is 5.73 Å². The molecule has 5 heteroatoms. The van der Waals surface area contributed by atoms with Gasteiger partial charge in [-0.15, -0.1) is 11.3 Å². The third kappa shape index (κ3) is 3.28. The second-order valence-corrected chi connectivity index (χ2v) is 6.51. The Morgan fingerprint density at radius 1 is 1.42 bits per heavy atom. The number of rotatable bonds is 4. The Labute approximate surface area is 125 Å². The molecule has 0 aliphatic carbocycles. The van der Waals surface area contributed by atoms with Crippen LogP contribution in [0.1, 0.15) is 18.7 Å². The maximum absolute atomic E-state index is 13.7. The quantitative estimate of drug-likeness (QED) is 0.819. The van der Waals surface area contributed by atoms with Crippen molar-refractivity contribution in [3.8, 4) is 0 Å². The molecule has 0 radical (unpaired) electrons. The third-order valence-electron chi connectivity index (χ3n) is 2.91. The molecule has 2 N–H and O–H groups in total. The maximum atomic E-state index is 13.7. The lowest BCUT2D eigenvalue weighted by Crippen LogP contribution is -2.30. The summed E-state index contributed by atoms with van der Waals surface area (Å²) >= 11 is 4.85. The van der Waals surface area contributed by atoms with Gasteiger partial charge in [-0.2, -0.15) is 0 Å². The number of benzene rings is 1. The summed E-state index contributed by atoms with van der Waals surface area (Å²) in [7, 11) is 0. The fraction of sp³-hybridized carbons (Fsp3) is 0.286. The number of thiophene rings is 1. The van der Waals surface area contributed by atoms with Crippen molar-refractivity contribution in [2.75, 3.05) is 10.6 Å². The van der Waals surface area contributed by atoms with E-state index in [-0.39, 0.29) is 11.9 Å².